The SMILES string of the molecule is C=CCOC(=O)Nc1ccc(-c2cc(=O)c3c(N)c(F)c(COC(=O)NCCN(C)C)c(F)c3o2)cc1F. The molecule has 1 heterocycles. The molecule has 13 heteroatoms. The zero-order chi connectivity index (χ0) is 28.0. The lowest BCUT2D eigenvalue weighted by molar-refractivity contribution is 0.136. The predicted octanol–water partition coefficient (Wildman–Crippen LogP) is 3.98. The molecule has 0 bridgehead atoms. The number of amides is 2. The van der Waals surface area contributed by atoms with E-state index < -0.39 is 63.9 Å². The first kappa shape index (κ1) is 28.1. The lowest BCUT2D eigenvalue weighted by Crippen LogP contribution is -2.31. The topological polar surface area (TPSA) is 136 Å². The Bertz CT molecular complexity index is 1440. The molecule has 1 aromatic heterocycles. The lowest BCUT2D eigenvalue weighted by atomic mass is 10.1. The van der Waals surface area contributed by atoms with Crippen LogP contribution in [0, 0.1) is 17.5 Å². The Labute approximate surface area is 214 Å². The normalized spacial score (nSPS) is 10.9. The molecule has 0 atom stereocenters. The smallest absolute Gasteiger partial charge is 0.412 e. The number of nitrogens with zero attached hydrogens (tertiary/aromatic N) is 1. The van der Waals surface area contributed by atoms with E-state index in [1.54, 1.807) is 19.0 Å². The maximum atomic E-state index is 15.3. The van der Waals surface area contributed by atoms with Gasteiger partial charge in [0.15, 0.2) is 22.6 Å². The van der Waals surface area contributed by atoms with Crippen molar-refractivity contribution in [3.05, 3.63) is 70.2 Å². The van der Waals surface area contributed by atoms with Crippen molar-refractivity contribution in [2.45, 2.75) is 6.61 Å². The van der Waals surface area contributed by atoms with Gasteiger partial charge >= 0.3 is 12.2 Å². The summed E-state index contributed by atoms with van der Waals surface area (Å²) in [6.45, 7) is 3.20. The minimum absolute atomic E-state index is 0.00637. The molecule has 2 aromatic carbocycles. The van der Waals surface area contributed by atoms with Crippen LogP contribution in [0.5, 0.6) is 0 Å². The minimum Gasteiger partial charge on any atom is -0.453 e. The van der Waals surface area contributed by atoms with Crippen molar-refractivity contribution in [2.75, 3.05) is 44.8 Å². The quantitative estimate of drug-likeness (QED) is 0.277. The molecule has 0 aliphatic carbocycles. The van der Waals surface area contributed by atoms with Crippen LogP contribution >= 0.6 is 0 Å². The van der Waals surface area contributed by atoms with E-state index in [0.717, 1.165) is 12.1 Å². The molecule has 2 amide bonds. The van der Waals surface area contributed by atoms with Crippen LogP contribution in [0.1, 0.15) is 5.56 Å². The Morgan fingerprint density at radius 1 is 1.13 bits per heavy atom. The number of rotatable bonds is 9. The number of nitrogen functional groups attached to an aromatic ring is 1. The number of benzene rings is 2. The fourth-order valence-corrected chi connectivity index (χ4v) is 3.30. The number of carbonyl (C=O) groups excluding carboxylic acids is 2. The number of ether oxygens (including phenoxy) is 2. The molecule has 0 radical (unpaired) electrons. The third kappa shape index (κ3) is 6.42. The Morgan fingerprint density at radius 2 is 1.87 bits per heavy atom. The average molecular weight is 534 g/mol. The van der Waals surface area contributed by atoms with Gasteiger partial charge in [0.1, 0.15) is 24.8 Å². The number of nitrogens with two attached hydrogens (primary N) is 1. The van der Waals surface area contributed by atoms with Crippen molar-refractivity contribution >= 4 is 34.5 Å². The predicted molar refractivity (Wildman–Crippen MR) is 134 cm³/mol. The van der Waals surface area contributed by atoms with Gasteiger partial charge in [-0.25, -0.2) is 22.8 Å². The van der Waals surface area contributed by atoms with Crippen molar-refractivity contribution in [2.24, 2.45) is 0 Å². The highest BCUT2D eigenvalue weighted by molar-refractivity contribution is 5.91. The van der Waals surface area contributed by atoms with Crippen LogP contribution in [-0.2, 0) is 16.1 Å². The van der Waals surface area contributed by atoms with Gasteiger partial charge in [-0.2, -0.15) is 0 Å². The van der Waals surface area contributed by atoms with Gasteiger partial charge in [0.05, 0.1) is 22.3 Å². The van der Waals surface area contributed by atoms with Gasteiger partial charge in [-0.15, -0.1) is 0 Å². The van der Waals surface area contributed by atoms with E-state index in [4.69, 9.17) is 19.6 Å². The number of anilines is 2. The number of hydrogen-bond acceptors (Lipinski definition) is 8. The van der Waals surface area contributed by atoms with E-state index in [-0.39, 0.29) is 30.2 Å². The highest BCUT2D eigenvalue weighted by Gasteiger charge is 2.24. The molecule has 0 aliphatic rings. The van der Waals surface area contributed by atoms with Crippen LogP contribution in [0.2, 0.25) is 0 Å². The molecule has 202 valence electrons. The summed E-state index contributed by atoms with van der Waals surface area (Å²) in [5, 5.41) is 4.05. The molecule has 3 rings (SSSR count). The standard InChI is InChI=1S/C25H25F3N4O6/c1-4-9-36-25(35)31-16-6-5-13(10-15(16)26)18-11-17(33)19-22(29)20(27)14(21(28)23(19)38-18)12-37-24(34)30-7-8-32(2)3/h4-6,10-11H,1,7-9,12,29H2,2-3H3,(H,30,34)(H,31,35). The van der Waals surface area contributed by atoms with Crippen LogP contribution in [-0.4, -0.2) is 50.9 Å². The van der Waals surface area contributed by atoms with Gasteiger partial charge in [-0.05, 0) is 32.3 Å². The van der Waals surface area contributed by atoms with Crippen LogP contribution in [0.3, 0.4) is 0 Å². The van der Waals surface area contributed by atoms with Gasteiger partial charge < -0.3 is 29.8 Å². The Kier molecular flexibility index (Phi) is 8.97. The van der Waals surface area contributed by atoms with E-state index in [9.17, 15) is 23.2 Å². The summed E-state index contributed by atoms with van der Waals surface area (Å²) >= 11 is 0. The highest BCUT2D eigenvalue weighted by Crippen LogP contribution is 2.33. The molecule has 0 fully saturated rings. The Hall–Kier alpha value is -4.52. The van der Waals surface area contributed by atoms with Gasteiger partial charge in [-0.3, -0.25) is 10.1 Å². The number of likely N-dealkylation sites (N-methyl/N-ethyl adjacent to an activating group) is 1. The summed E-state index contributed by atoms with van der Waals surface area (Å²) in [6, 6.07) is 4.29. The second-order valence-electron chi connectivity index (χ2n) is 8.21. The molecular weight excluding hydrogens is 509 g/mol. The molecule has 0 spiro atoms. The average Bonchev–Trinajstić information content (AvgIpc) is 2.86. The first-order valence-electron chi connectivity index (χ1n) is 11.2. The number of alkyl carbamates (subject to hydrolysis) is 1. The van der Waals surface area contributed by atoms with Crippen molar-refractivity contribution in [1.29, 1.82) is 0 Å². The summed E-state index contributed by atoms with van der Waals surface area (Å²) in [7, 11) is 3.58. The maximum Gasteiger partial charge on any atom is 0.412 e. The summed E-state index contributed by atoms with van der Waals surface area (Å²) in [6.07, 6.45) is -0.511. The number of fused-ring (bicyclic) bond motifs is 1. The van der Waals surface area contributed by atoms with E-state index >= 15 is 4.39 Å². The van der Waals surface area contributed by atoms with Gasteiger partial charge in [0, 0.05) is 24.7 Å². The second-order valence-corrected chi connectivity index (χ2v) is 8.21. The van der Waals surface area contributed by atoms with Crippen LogP contribution in [0.15, 0.2) is 46.1 Å². The summed E-state index contributed by atoms with van der Waals surface area (Å²) < 4.78 is 59.8. The van der Waals surface area contributed by atoms with Crippen molar-refractivity contribution < 1.29 is 36.7 Å². The molecule has 10 nitrogen and oxygen atoms in total. The van der Waals surface area contributed by atoms with E-state index in [1.807, 2.05) is 0 Å². The first-order valence-corrected chi connectivity index (χ1v) is 11.2. The zero-order valence-electron chi connectivity index (χ0n) is 20.5. The first-order chi connectivity index (χ1) is 18.0. The molecule has 0 aliphatic heterocycles. The largest absolute Gasteiger partial charge is 0.453 e. The van der Waals surface area contributed by atoms with Crippen molar-refractivity contribution in [1.82, 2.24) is 10.2 Å². The third-order valence-corrected chi connectivity index (χ3v) is 5.18. The maximum absolute atomic E-state index is 15.3. The highest BCUT2D eigenvalue weighted by atomic mass is 19.1. The molecule has 0 saturated heterocycles. The van der Waals surface area contributed by atoms with Crippen LogP contribution in [0.25, 0.3) is 22.3 Å². The second kappa shape index (κ2) is 12.1. The summed E-state index contributed by atoms with van der Waals surface area (Å²) in [4.78, 5) is 38.0. The molecule has 38 heavy (non-hydrogen) atoms. The molecule has 0 saturated carbocycles. The monoisotopic (exact) mass is 534 g/mol. The van der Waals surface area contributed by atoms with Gasteiger partial charge in [0.25, 0.3) is 0 Å². The van der Waals surface area contributed by atoms with Crippen molar-refractivity contribution in [3.63, 3.8) is 0 Å². The number of hydrogen-bond donors (Lipinski definition) is 3. The van der Waals surface area contributed by atoms with Gasteiger partial charge in [0.2, 0.25) is 0 Å². The molecular formula is C25H25F3N4O6. The Balaban J connectivity index is 1.93. The molecule has 4 N–H and O–H groups in total. The van der Waals surface area contributed by atoms with Gasteiger partial charge in [-0.1, -0.05) is 12.7 Å². The fourth-order valence-electron chi connectivity index (χ4n) is 3.30. The van der Waals surface area contributed by atoms with E-state index in [1.165, 1.54) is 18.2 Å². The third-order valence-electron chi connectivity index (χ3n) is 5.18. The number of nitrogens with one attached hydrogen (secondary N) is 2. The van der Waals surface area contributed by atoms with Crippen molar-refractivity contribution in [3.8, 4) is 11.3 Å². The number of halogens is 3. The summed E-state index contributed by atoms with van der Waals surface area (Å²) in [5.41, 5.74) is 2.50. The zero-order valence-corrected chi connectivity index (χ0v) is 20.5. The summed E-state index contributed by atoms with van der Waals surface area (Å²) in [5.74, 6) is -3.76. The lowest BCUT2D eigenvalue weighted by Gasteiger charge is -2.13. The fraction of sp³-hybridized carbons (Fsp3) is 0.240. The molecule has 0 unspecified atom stereocenters. The Morgan fingerprint density at radius 3 is 2.53 bits per heavy atom. The van der Waals surface area contributed by atoms with Crippen LogP contribution < -0.4 is 21.8 Å². The van der Waals surface area contributed by atoms with Crippen LogP contribution in [0.4, 0.5) is 34.1 Å². The van der Waals surface area contributed by atoms with E-state index in [0.29, 0.717) is 6.54 Å². The molecule has 3 aromatic rings. The minimum atomic E-state index is -1.31. The van der Waals surface area contributed by atoms with E-state index in [2.05, 4.69) is 17.2 Å². The number of carbonyl (C=O) groups is 2.